The van der Waals surface area contributed by atoms with E-state index < -0.39 is 0 Å². The Morgan fingerprint density at radius 2 is 2.00 bits per heavy atom. The number of aryl methyl sites for hydroxylation is 1. The van der Waals surface area contributed by atoms with Gasteiger partial charge in [0, 0.05) is 38.6 Å². The molecule has 0 aliphatic rings. The minimum absolute atomic E-state index is 0.0218. The predicted molar refractivity (Wildman–Crippen MR) is 83.5 cm³/mol. The quantitative estimate of drug-likeness (QED) is 0.840. The second-order valence-electron chi connectivity index (χ2n) is 5.04. The second kappa shape index (κ2) is 7.75. The number of aliphatic hydroxyl groups is 1. The number of benzene rings is 1. The van der Waals surface area contributed by atoms with Crippen molar-refractivity contribution in [3.8, 4) is 0 Å². The van der Waals surface area contributed by atoms with Gasteiger partial charge in [-0.05, 0) is 37.1 Å². The van der Waals surface area contributed by atoms with E-state index in [0.717, 1.165) is 23.4 Å². The van der Waals surface area contributed by atoms with Gasteiger partial charge in [-0.15, -0.1) is 0 Å². The summed E-state index contributed by atoms with van der Waals surface area (Å²) in [5, 5.41) is 11.9. The molecular formula is C15H25N3O2. The molecule has 0 aromatic heterocycles. The molecule has 2 N–H and O–H groups in total. The molecule has 0 aliphatic heterocycles. The molecule has 5 heteroatoms. The lowest BCUT2D eigenvalue weighted by molar-refractivity contribution is 0.188. The largest absolute Gasteiger partial charge is 0.395 e. The number of urea groups is 1. The fourth-order valence-corrected chi connectivity index (χ4v) is 2.14. The molecule has 1 aromatic carbocycles. The Bertz CT molecular complexity index is 441. The highest BCUT2D eigenvalue weighted by Gasteiger charge is 2.12. The molecule has 0 saturated heterocycles. The van der Waals surface area contributed by atoms with Gasteiger partial charge in [-0.2, -0.15) is 0 Å². The van der Waals surface area contributed by atoms with E-state index in [9.17, 15) is 4.79 Å². The van der Waals surface area contributed by atoms with Crippen molar-refractivity contribution in [2.24, 2.45) is 0 Å². The van der Waals surface area contributed by atoms with E-state index in [4.69, 9.17) is 5.11 Å². The maximum absolute atomic E-state index is 12.1. The lowest BCUT2D eigenvalue weighted by Gasteiger charge is -2.22. The number of rotatable bonds is 6. The summed E-state index contributed by atoms with van der Waals surface area (Å²) in [4.78, 5) is 15.8. The standard InChI is InChI=1S/C15H25N3O2/c1-5-8-18(9-10-19)15(20)16-13-6-7-14(17(3)4)12(2)11-13/h6-7,11,19H,5,8-10H2,1-4H3,(H,16,20). The van der Waals surface area contributed by atoms with Crippen LogP contribution in [0.3, 0.4) is 0 Å². The normalized spacial score (nSPS) is 10.2. The van der Waals surface area contributed by atoms with Crippen molar-refractivity contribution in [3.05, 3.63) is 23.8 Å². The van der Waals surface area contributed by atoms with E-state index in [0.29, 0.717) is 13.1 Å². The van der Waals surface area contributed by atoms with E-state index >= 15 is 0 Å². The fourth-order valence-electron chi connectivity index (χ4n) is 2.14. The number of hydrogen-bond donors (Lipinski definition) is 2. The number of anilines is 2. The van der Waals surface area contributed by atoms with Gasteiger partial charge in [0.15, 0.2) is 0 Å². The second-order valence-corrected chi connectivity index (χ2v) is 5.04. The van der Waals surface area contributed by atoms with Crippen LogP contribution in [-0.4, -0.2) is 49.8 Å². The average Bonchev–Trinajstić information content (AvgIpc) is 2.38. The maximum atomic E-state index is 12.1. The molecule has 0 fully saturated rings. The summed E-state index contributed by atoms with van der Waals surface area (Å²) in [5.41, 5.74) is 3.01. The lowest BCUT2D eigenvalue weighted by Crippen LogP contribution is -2.37. The molecule has 0 bridgehead atoms. The summed E-state index contributed by atoms with van der Waals surface area (Å²) in [6.07, 6.45) is 0.867. The number of hydrogen-bond acceptors (Lipinski definition) is 3. The van der Waals surface area contributed by atoms with Gasteiger partial charge < -0.3 is 20.2 Å². The Hall–Kier alpha value is -1.75. The highest BCUT2D eigenvalue weighted by molar-refractivity contribution is 5.89. The van der Waals surface area contributed by atoms with E-state index in [1.807, 2.05) is 51.0 Å². The minimum Gasteiger partial charge on any atom is -0.395 e. The molecule has 2 amide bonds. The van der Waals surface area contributed by atoms with Gasteiger partial charge in [-0.1, -0.05) is 6.92 Å². The Kier molecular flexibility index (Phi) is 6.31. The molecule has 20 heavy (non-hydrogen) atoms. The van der Waals surface area contributed by atoms with E-state index in [1.54, 1.807) is 4.90 Å². The van der Waals surface area contributed by atoms with Crippen molar-refractivity contribution in [1.82, 2.24) is 4.90 Å². The summed E-state index contributed by atoms with van der Waals surface area (Å²) >= 11 is 0. The van der Waals surface area contributed by atoms with Gasteiger partial charge in [0.1, 0.15) is 0 Å². The first kappa shape index (κ1) is 16.3. The van der Waals surface area contributed by atoms with Crippen LogP contribution in [0.25, 0.3) is 0 Å². The lowest BCUT2D eigenvalue weighted by atomic mass is 10.1. The third kappa shape index (κ3) is 4.42. The van der Waals surface area contributed by atoms with Crippen molar-refractivity contribution in [3.63, 3.8) is 0 Å². The molecule has 1 rings (SSSR count). The maximum Gasteiger partial charge on any atom is 0.321 e. The van der Waals surface area contributed by atoms with Crippen LogP contribution >= 0.6 is 0 Å². The molecule has 0 unspecified atom stereocenters. The summed E-state index contributed by atoms with van der Waals surface area (Å²) < 4.78 is 0. The zero-order chi connectivity index (χ0) is 15.1. The number of aliphatic hydroxyl groups excluding tert-OH is 1. The predicted octanol–water partition coefficient (Wildman–Crippen LogP) is 2.30. The van der Waals surface area contributed by atoms with Gasteiger partial charge in [0.05, 0.1) is 6.61 Å². The number of nitrogens with one attached hydrogen (secondary N) is 1. The Morgan fingerprint density at radius 3 is 2.50 bits per heavy atom. The molecule has 0 heterocycles. The highest BCUT2D eigenvalue weighted by atomic mass is 16.3. The monoisotopic (exact) mass is 279 g/mol. The van der Waals surface area contributed by atoms with Crippen molar-refractivity contribution in [1.29, 1.82) is 0 Å². The van der Waals surface area contributed by atoms with Gasteiger partial charge in [0.25, 0.3) is 0 Å². The van der Waals surface area contributed by atoms with Crippen molar-refractivity contribution < 1.29 is 9.90 Å². The third-order valence-electron chi connectivity index (χ3n) is 3.08. The van der Waals surface area contributed by atoms with Gasteiger partial charge in [-0.25, -0.2) is 4.79 Å². The Morgan fingerprint density at radius 1 is 1.30 bits per heavy atom. The van der Waals surface area contributed by atoms with Gasteiger partial charge >= 0.3 is 6.03 Å². The molecule has 0 atom stereocenters. The smallest absolute Gasteiger partial charge is 0.321 e. The molecule has 0 radical (unpaired) electrons. The number of nitrogens with zero attached hydrogens (tertiary/aromatic N) is 2. The van der Waals surface area contributed by atoms with Crippen LogP contribution in [0.15, 0.2) is 18.2 Å². The van der Waals surface area contributed by atoms with Crippen molar-refractivity contribution in [2.75, 3.05) is 44.0 Å². The van der Waals surface area contributed by atoms with Crippen LogP contribution in [0, 0.1) is 6.92 Å². The summed E-state index contributed by atoms with van der Waals surface area (Å²) in [6, 6.07) is 5.67. The number of carbonyl (C=O) groups excluding carboxylic acids is 1. The Balaban J connectivity index is 2.76. The first-order valence-electron chi connectivity index (χ1n) is 6.94. The van der Waals surface area contributed by atoms with E-state index in [2.05, 4.69) is 5.32 Å². The molecule has 0 aliphatic carbocycles. The van der Waals surface area contributed by atoms with E-state index in [1.165, 1.54) is 0 Å². The third-order valence-corrected chi connectivity index (χ3v) is 3.08. The van der Waals surface area contributed by atoms with Crippen LogP contribution in [0.1, 0.15) is 18.9 Å². The first-order chi connectivity index (χ1) is 9.49. The van der Waals surface area contributed by atoms with Crippen molar-refractivity contribution in [2.45, 2.75) is 20.3 Å². The number of amides is 2. The van der Waals surface area contributed by atoms with Gasteiger partial charge in [0.2, 0.25) is 0 Å². The topological polar surface area (TPSA) is 55.8 Å². The van der Waals surface area contributed by atoms with Gasteiger partial charge in [-0.3, -0.25) is 0 Å². The minimum atomic E-state index is -0.169. The molecule has 5 nitrogen and oxygen atoms in total. The molecule has 0 saturated carbocycles. The molecule has 1 aromatic rings. The van der Waals surface area contributed by atoms with Crippen LogP contribution in [-0.2, 0) is 0 Å². The van der Waals surface area contributed by atoms with Crippen LogP contribution < -0.4 is 10.2 Å². The highest BCUT2D eigenvalue weighted by Crippen LogP contribution is 2.21. The fraction of sp³-hybridized carbons (Fsp3) is 0.533. The van der Waals surface area contributed by atoms with Crippen LogP contribution in [0.4, 0.5) is 16.2 Å². The molecular weight excluding hydrogens is 254 g/mol. The number of carbonyl (C=O) groups is 1. The average molecular weight is 279 g/mol. The molecule has 0 spiro atoms. The summed E-state index contributed by atoms with van der Waals surface area (Å²) in [7, 11) is 3.98. The van der Waals surface area contributed by atoms with E-state index in [-0.39, 0.29) is 12.6 Å². The zero-order valence-electron chi connectivity index (χ0n) is 12.8. The first-order valence-corrected chi connectivity index (χ1v) is 6.94. The summed E-state index contributed by atoms with van der Waals surface area (Å²) in [6.45, 7) is 5.00. The summed E-state index contributed by atoms with van der Waals surface area (Å²) in [5.74, 6) is 0. The van der Waals surface area contributed by atoms with Crippen LogP contribution in [0.2, 0.25) is 0 Å². The van der Waals surface area contributed by atoms with Crippen molar-refractivity contribution >= 4 is 17.4 Å². The SMILES string of the molecule is CCCN(CCO)C(=O)Nc1ccc(N(C)C)c(C)c1. The molecule has 112 valence electrons. The Labute approximate surface area is 121 Å². The van der Waals surface area contributed by atoms with Crippen LogP contribution in [0.5, 0.6) is 0 Å². The zero-order valence-corrected chi connectivity index (χ0v) is 12.8.